The maximum atomic E-state index is 13.9. The van der Waals surface area contributed by atoms with Crippen LogP contribution in [0.4, 0.5) is 11.6 Å². The Morgan fingerprint density at radius 3 is 2.38 bits per heavy atom. The van der Waals surface area contributed by atoms with Crippen molar-refractivity contribution in [3.63, 3.8) is 0 Å². The van der Waals surface area contributed by atoms with Crippen LogP contribution in [0.5, 0.6) is 0 Å². The van der Waals surface area contributed by atoms with Crippen LogP contribution in [0, 0.1) is 5.41 Å². The number of amides is 1. The summed E-state index contributed by atoms with van der Waals surface area (Å²) in [6.07, 6.45) is 9.96. The molecule has 7 heteroatoms. The van der Waals surface area contributed by atoms with E-state index in [0.29, 0.717) is 23.3 Å². The van der Waals surface area contributed by atoms with Crippen LogP contribution in [-0.2, 0) is 16.0 Å². The molecular weight excluding hydrogens is 500 g/mol. The number of fused-ring (bicyclic) bond motifs is 1. The highest BCUT2D eigenvalue weighted by Crippen LogP contribution is 2.41. The van der Waals surface area contributed by atoms with Crippen LogP contribution in [0.3, 0.4) is 0 Å². The third kappa shape index (κ3) is 6.04. The molecule has 0 bridgehead atoms. The molecule has 0 atom stereocenters. The Bertz CT molecular complexity index is 1540. The van der Waals surface area contributed by atoms with Gasteiger partial charge in [0.05, 0.1) is 10.9 Å². The average molecular weight is 535 g/mol. The van der Waals surface area contributed by atoms with Gasteiger partial charge in [-0.05, 0) is 66.3 Å². The van der Waals surface area contributed by atoms with Crippen LogP contribution in [0.1, 0.15) is 43.2 Å². The number of aromatic nitrogens is 2. The van der Waals surface area contributed by atoms with Crippen molar-refractivity contribution in [3.05, 3.63) is 90.1 Å². The molecule has 1 aliphatic carbocycles. The fourth-order valence-corrected chi connectivity index (χ4v) is 5.55. The van der Waals surface area contributed by atoms with Crippen molar-refractivity contribution in [2.24, 2.45) is 5.41 Å². The third-order valence-corrected chi connectivity index (χ3v) is 7.72. The van der Waals surface area contributed by atoms with Gasteiger partial charge in [-0.2, -0.15) is 0 Å². The second kappa shape index (κ2) is 11.7. The number of hydrogen-bond acceptors (Lipinski definition) is 5. The van der Waals surface area contributed by atoms with E-state index in [1.165, 1.54) is 0 Å². The zero-order chi connectivity index (χ0) is 28.1. The lowest BCUT2D eigenvalue weighted by atomic mass is 9.69. The molecule has 40 heavy (non-hydrogen) atoms. The molecule has 0 aliphatic heterocycles. The first-order valence-corrected chi connectivity index (χ1v) is 13.7. The number of nitrogens with one attached hydrogen (secondary N) is 1. The van der Waals surface area contributed by atoms with Crippen molar-refractivity contribution >= 4 is 40.5 Å². The summed E-state index contributed by atoms with van der Waals surface area (Å²) in [7, 11) is 3.94. The summed E-state index contributed by atoms with van der Waals surface area (Å²) in [5, 5.41) is 13.1. The van der Waals surface area contributed by atoms with E-state index in [0.717, 1.165) is 66.1 Å². The number of hydrogen-bond donors (Lipinski definition) is 2. The van der Waals surface area contributed by atoms with Crippen molar-refractivity contribution < 1.29 is 14.7 Å². The minimum Gasteiger partial charge on any atom is -0.478 e. The lowest BCUT2D eigenvalue weighted by molar-refractivity contribution is -0.131. The van der Waals surface area contributed by atoms with Gasteiger partial charge in [0.2, 0.25) is 5.91 Å². The van der Waals surface area contributed by atoms with Crippen LogP contribution in [0.25, 0.3) is 28.1 Å². The molecule has 0 unspecified atom stereocenters. The van der Waals surface area contributed by atoms with Crippen LogP contribution in [0.15, 0.2) is 79.0 Å². The van der Waals surface area contributed by atoms with Crippen molar-refractivity contribution in [2.75, 3.05) is 24.3 Å². The van der Waals surface area contributed by atoms with E-state index in [1.807, 2.05) is 55.5 Å². The minimum absolute atomic E-state index is 0.0318. The first-order chi connectivity index (χ1) is 19.3. The molecule has 0 saturated heterocycles. The number of rotatable bonds is 8. The number of aliphatic carboxylic acids is 1. The van der Waals surface area contributed by atoms with Crippen LogP contribution in [0.2, 0.25) is 0 Å². The van der Waals surface area contributed by atoms with Gasteiger partial charge in [-0.15, -0.1) is 0 Å². The van der Waals surface area contributed by atoms with Gasteiger partial charge in [0.15, 0.2) is 0 Å². The zero-order valence-electron chi connectivity index (χ0n) is 22.9. The number of carboxylic acids is 1. The number of carbonyl (C=O) groups is 2. The van der Waals surface area contributed by atoms with E-state index in [4.69, 9.17) is 5.11 Å². The first kappa shape index (κ1) is 27.1. The highest BCUT2D eigenvalue weighted by atomic mass is 16.4. The topological polar surface area (TPSA) is 95.4 Å². The highest BCUT2D eigenvalue weighted by molar-refractivity contribution is 5.98. The molecule has 1 fully saturated rings. The van der Waals surface area contributed by atoms with Gasteiger partial charge in [-0.1, -0.05) is 61.7 Å². The normalized spacial score (nSPS) is 14.8. The summed E-state index contributed by atoms with van der Waals surface area (Å²) in [6, 6.07) is 21.8. The molecular formula is C33H34N4O3. The third-order valence-electron chi connectivity index (χ3n) is 7.72. The molecule has 0 spiro atoms. The zero-order valence-corrected chi connectivity index (χ0v) is 22.9. The van der Waals surface area contributed by atoms with Crippen molar-refractivity contribution in [2.45, 2.75) is 38.5 Å². The van der Waals surface area contributed by atoms with Crippen LogP contribution < -0.4 is 10.2 Å². The second-order valence-electron chi connectivity index (χ2n) is 10.8. The second-order valence-corrected chi connectivity index (χ2v) is 10.8. The van der Waals surface area contributed by atoms with Gasteiger partial charge < -0.3 is 15.3 Å². The molecule has 204 valence electrons. The van der Waals surface area contributed by atoms with Crippen LogP contribution >= 0.6 is 0 Å². The van der Waals surface area contributed by atoms with Crippen molar-refractivity contribution in [1.82, 2.24) is 9.97 Å². The van der Waals surface area contributed by atoms with E-state index >= 15 is 0 Å². The predicted molar refractivity (Wildman–Crippen MR) is 160 cm³/mol. The SMILES string of the molecule is CN(C)c1ccc(-c2ccc(CC3(C(=O)Nc4cc(/C=C/C(=O)O)c5ccccc5n4)CCCCC3)cc2)cn1. The van der Waals surface area contributed by atoms with Crippen LogP contribution in [-0.4, -0.2) is 41.0 Å². The maximum absolute atomic E-state index is 13.9. The Balaban J connectivity index is 1.38. The molecule has 7 nitrogen and oxygen atoms in total. The van der Waals surface area contributed by atoms with Crippen molar-refractivity contribution in [1.29, 1.82) is 0 Å². The summed E-state index contributed by atoms with van der Waals surface area (Å²) in [5.74, 6) is 0.287. The number of anilines is 2. The molecule has 1 aliphatic rings. The summed E-state index contributed by atoms with van der Waals surface area (Å²) in [5.41, 5.74) is 4.13. The lowest BCUT2D eigenvalue weighted by Crippen LogP contribution is -2.40. The molecule has 0 radical (unpaired) electrons. The number of benzene rings is 2. The van der Waals surface area contributed by atoms with E-state index in [2.05, 4.69) is 45.6 Å². The van der Waals surface area contributed by atoms with E-state index in [9.17, 15) is 9.59 Å². The average Bonchev–Trinajstić information content (AvgIpc) is 2.97. The minimum atomic E-state index is -1.03. The monoisotopic (exact) mass is 534 g/mol. The molecule has 1 saturated carbocycles. The van der Waals surface area contributed by atoms with Gasteiger partial charge >= 0.3 is 5.97 Å². The first-order valence-electron chi connectivity index (χ1n) is 13.7. The van der Waals surface area contributed by atoms with E-state index in [-0.39, 0.29) is 5.91 Å². The Morgan fingerprint density at radius 2 is 1.70 bits per heavy atom. The molecule has 1 amide bonds. The number of carbonyl (C=O) groups excluding carboxylic acids is 1. The standard InChI is InChI=1S/C33H34N4O3/c1-37(2)30-16-14-26(22-34-30)24-12-10-23(11-13-24)21-33(18-6-3-7-19-33)32(40)36-29-20-25(15-17-31(38)39)27-8-4-5-9-28(27)35-29/h4-5,8-17,20,22H,3,6-7,18-19,21H2,1-2H3,(H,38,39)(H,35,36,40)/b17-15+. The maximum Gasteiger partial charge on any atom is 0.328 e. The quantitative estimate of drug-likeness (QED) is 0.248. The predicted octanol–water partition coefficient (Wildman–Crippen LogP) is 6.59. The Labute approximate surface area is 234 Å². The van der Waals surface area contributed by atoms with Gasteiger partial charge in [-0.3, -0.25) is 4.79 Å². The Kier molecular flexibility index (Phi) is 7.91. The molecule has 5 rings (SSSR count). The van der Waals surface area contributed by atoms with Gasteiger partial charge in [0.1, 0.15) is 11.6 Å². The Hall–Kier alpha value is -4.52. The number of carboxylic acid groups (broad SMARTS) is 1. The fraction of sp³-hybridized carbons (Fsp3) is 0.273. The molecule has 2 N–H and O–H groups in total. The summed E-state index contributed by atoms with van der Waals surface area (Å²) in [4.78, 5) is 36.2. The van der Waals surface area contributed by atoms with Gasteiger partial charge in [-0.25, -0.2) is 14.8 Å². The smallest absolute Gasteiger partial charge is 0.328 e. The summed E-state index contributed by atoms with van der Waals surface area (Å²) < 4.78 is 0. The number of pyridine rings is 2. The van der Waals surface area contributed by atoms with E-state index in [1.54, 1.807) is 12.1 Å². The van der Waals surface area contributed by atoms with E-state index < -0.39 is 11.4 Å². The fourth-order valence-electron chi connectivity index (χ4n) is 5.55. The number of nitrogens with zero attached hydrogens (tertiary/aromatic N) is 3. The largest absolute Gasteiger partial charge is 0.478 e. The van der Waals surface area contributed by atoms with Gasteiger partial charge in [0, 0.05) is 37.3 Å². The molecule has 2 aromatic carbocycles. The van der Waals surface area contributed by atoms with Gasteiger partial charge in [0.25, 0.3) is 0 Å². The molecule has 2 aromatic heterocycles. The Morgan fingerprint density at radius 1 is 0.975 bits per heavy atom. The highest BCUT2D eigenvalue weighted by Gasteiger charge is 2.39. The number of para-hydroxylation sites is 1. The summed E-state index contributed by atoms with van der Waals surface area (Å²) >= 11 is 0. The molecule has 2 heterocycles. The lowest BCUT2D eigenvalue weighted by Gasteiger charge is -2.36. The molecule has 4 aromatic rings. The summed E-state index contributed by atoms with van der Waals surface area (Å²) in [6.45, 7) is 0. The van der Waals surface area contributed by atoms with Crippen molar-refractivity contribution in [3.8, 4) is 11.1 Å².